The van der Waals surface area contributed by atoms with Crippen LogP contribution in [0.5, 0.6) is 11.5 Å². The minimum atomic E-state index is -0.890. The SMILES string of the molecule is COC(=O)[C@H](Cc1ccc(O)c(O)c1)NC(=O)C=C(C)CCC=C(C)C. The van der Waals surface area contributed by atoms with Crippen LogP contribution >= 0.6 is 0 Å². The van der Waals surface area contributed by atoms with E-state index in [1.165, 1.54) is 30.9 Å². The zero-order valence-electron chi connectivity index (χ0n) is 15.7. The molecular weight excluding hydrogens is 334 g/mol. The molecule has 0 aromatic heterocycles. The van der Waals surface area contributed by atoms with Gasteiger partial charge in [-0.1, -0.05) is 23.3 Å². The number of nitrogens with one attached hydrogen (secondary N) is 1. The summed E-state index contributed by atoms with van der Waals surface area (Å²) in [6, 6.07) is 3.35. The number of methoxy groups -OCH3 is 1. The summed E-state index contributed by atoms with van der Waals surface area (Å²) >= 11 is 0. The Kier molecular flexibility index (Phi) is 8.42. The van der Waals surface area contributed by atoms with Crippen LogP contribution in [0.1, 0.15) is 39.2 Å². The third-order valence-corrected chi connectivity index (χ3v) is 3.75. The fraction of sp³-hybridized carbons (Fsp3) is 0.400. The predicted octanol–water partition coefficient (Wildman–Crippen LogP) is 2.99. The number of aromatic hydroxyl groups is 2. The van der Waals surface area contributed by atoms with Gasteiger partial charge in [0.25, 0.3) is 0 Å². The molecule has 0 radical (unpaired) electrons. The lowest BCUT2D eigenvalue weighted by Gasteiger charge is -2.16. The summed E-state index contributed by atoms with van der Waals surface area (Å²) < 4.78 is 4.74. The number of hydrogen-bond donors (Lipinski definition) is 3. The summed E-state index contributed by atoms with van der Waals surface area (Å²) in [5.41, 5.74) is 2.72. The molecule has 0 saturated carbocycles. The van der Waals surface area contributed by atoms with Gasteiger partial charge in [0.2, 0.25) is 5.91 Å². The van der Waals surface area contributed by atoms with Crippen LogP contribution in [0.2, 0.25) is 0 Å². The normalized spacial score (nSPS) is 12.2. The predicted molar refractivity (Wildman–Crippen MR) is 99.8 cm³/mol. The molecule has 1 aromatic rings. The summed E-state index contributed by atoms with van der Waals surface area (Å²) in [6.07, 6.45) is 5.32. The summed E-state index contributed by atoms with van der Waals surface area (Å²) in [4.78, 5) is 24.2. The van der Waals surface area contributed by atoms with Crippen molar-refractivity contribution in [3.63, 3.8) is 0 Å². The van der Waals surface area contributed by atoms with Gasteiger partial charge in [-0.15, -0.1) is 0 Å². The van der Waals surface area contributed by atoms with E-state index in [0.717, 1.165) is 18.4 Å². The molecule has 0 heterocycles. The number of ether oxygens (including phenoxy) is 1. The maximum absolute atomic E-state index is 12.2. The number of phenols is 2. The van der Waals surface area contributed by atoms with Crippen LogP contribution in [0.3, 0.4) is 0 Å². The average Bonchev–Trinajstić information content (AvgIpc) is 2.56. The smallest absolute Gasteiger partial charge is 0.328 e. The molecule has 3 N–H and O–H groups in total. The van der Waals surface area contributed by atoms with Crippen LogP contribution in [0.4, 0.5) is 0 Å². The first kappa shape index (κ1) is 21.3. The summed E-state index contributed by atoms with van der Waals surface area (Å²) in [7, 11) is 1.25. The van der Waals surface area contributed by atoms with Gasteiger partial charge in [-0.25, -0.2) is 4.79 Å². The summed E-state index contributed by atoms with van der Waals surface area (Å²) in [6.45, 7) is 5.91. The Morgan fingerprint density at radius 2 is 1.88 bits per heavy atom. The van der Waals surface area contributed by atoms with Crippen molar-refractivity contribution in [3.05, 3.63) is 47.1 Å². The van der Waals surface area contributed by atoms with Gasteiger partial charge in [0.15, 0.2) is 11.5 Å². The first-order chi connectivity index (χ1) is 12.2. The topological polar surface area (TPSA) is 95.9 Å². The highest BCUT2D eigenvalue weighted by Gasteiger charge is 2.21. The first-order valence-electron chi connectivity index (χ1n) is 8.42. The maximum atomic E-state index is 12.2. The second-order valence-corrected chi connectivity index (χ2v) is 6.42. The van der Waals surface area contributed by atoms with E-state index in [2.05, 4.69) is 11.4 Å². The highest BCUT2D eigenvalue weighted by atomic mass is 16.5. The van der Waals surface area contributed by atoms with E-state index >= 15 is 0 Å². The number of esters is 1. The fourth-order valence-electron chi connectivity index (χ4n) is 2.37. The minimum absolute atomic E-state index is 0.136. The molecule has 0 aliphatic heterocycles. The molecule has 0 saturated heterocycles. The maximum Gasteiger partial charge on any atom is 0.328 e. The van der Waals surface area contributed by atoms with Crippen molar-refractivity contribution in [1.82, 2.24) is 5.32 Å². The summed E-state index contributed by atoms with van der Waals surface area (Å²) in [5.74, 6) is -1.49. The second kappa shape index (κ2) is 10.3. The highest BCUT2D eigenvalue weighted by Crippen LogP contribution is 2.25. The second-order valence-electron chi connectivity index (χ2n) is 6.42. The van der Waals surface area contributed by atoms with Crippen LogP contribution in [0.15, 0.2) is 41.5 Å². The number of carbonyl (C=O) groups excluding carboxylic acids is 2. The van der Waals surface area contributed by atoms with Crippen LogP contribution in [0, 0.1) is 0 Å². The molecule has 0 aliphatic rings. The van der Waals surface area contributed by atoms with Gasteiger partial charge in [-0.3, -0.25) is 4.79 Å². The molecule has 1 rings (SSSR count). The molecule has 0 unspecified atom stereocenters. The number of amides is 1. The van der Waals surface area contributed by atoms with E-state index in [1.807, 2.05) is 20.8 Å². The standard InChI is InChI=1S/C20H27NO5/c1-13(2)6-5-7-14(3)10-19(24)21-16(20(25)26-4)11-15-8-9-17(22)18(23)12-15/h6,8-10,12,16,22-23H,5,7,11H2,1-4H3,(H,21,24)/t16-/m0/s1. The number of rotatable bonds is 8. The molecule has 26 heavy (non-hydrogen) atoms. The van der Waals surface area contributed by atoms with E-state index in [4.69, 9.17) is 4.74 Å². The Balaban J connectivity index is 2.77. The zero-order valence-corrected chi connectivity index (χ0v) is 15.7. The first-order valence-corrected chi connectivity index (χ1v) is 8.42. The van der Waals surface area contributed by atoms with Crippen LogP contribution < -0.4 is 5.32 Å². The average molecular weight is 361 g/mol. The Bertz CT molecular complexity index is 702. The quantitative estimate of drug-likeness (QED) is 0.286. The van der Waals surface area contributed by atoms with Gasteiger partial charge in [0, 0.05) is 12.5 Å². The van der Waals surface area contributed by atoms with Gasteiger partial charge in [-0.2, -0.15) is 0 Å². The zero-order chi connectivity index (χ0) is 19.7. The lowest BCUT2D eigenvalue weighted by molar-refractivity contribution is -0.144. The van der Waals surface area contributed by atoms with Crippen molar-refractivity contribution in [1.29, 1.82) is 0 Å². The van der Waals surface area contributed by atoms with Gasteiger partial charge in [0.1, 0.15) is 6.04 Å². The fourth-order valence-corrected chi connectivity index (χ4v) is 2.37. The van der Waals surface area contributed by atoms with Crippen molar-refractivity contribution >= 4 is 11.9 Å². The van der Waals surface area contributed by atoms with Crippen molar-refractivity contribution in [2.75, 3.05) is 7.11 Å². The van der Waals surface area contributed by atoms with E-state index in [0.29, 0.717) is 5.56 Å². The largest absolute Gasteiger partial charge is 0.504 e. The molecule has 0 bridgehead atoms. The molecule has 6 nitrogen and oxygen atoms in total. The Morgan fingerprint density at radius 1 is 1.19 bits per heavy atom. The lowest BCUT2D eigenvalue weighted by Crippen LogP contribution is -2.42. The Morgan fingerprint density at radius 3 is 2.46 bits per heavy atom. The van der Waals surface area contributed by atoms with Gasteiger partial charge in [0.05, 0.1) is 7.11 Å². The van der Waals surface area contributed by atoms with Gasteiger partial charge < -0.3 is 20.3 Å². The molecule has 1 amide bonds. The van der Waals surface area contributed by atoms with Crippen LogP contribution in [0.25, 0.3) is 0 Å². The molecule has 1 aromatic carbocycles. The number of phenolic OH excluding ortho intramolecular Hbond substituents is 2. The molecule has 0 fully saturated rings. The third-order valence-electron chi connectivity index (χ3n) is 3.75. The number of benzene rings is 1. The van der Waals surface area contributed by atoms with Crippen LogP contribution in [-0.4, -0.2) is 35.2 Å². The van der Waals surface area contributed by atoms with Crippen molar-refractivity contribution < 1.29 is 24.5 Å². The summed E-state index contributed by atoms with van der Waals surface area (Å²) in [5, 5.41) is 21.6. The lowest BCUT2D eigenvalue weighted by atomic mass is 10.0. The van der Waals surface area contributed by atoms with E-state index in [1.54, 1.807) is 6.07 Å². The Labute approximate surface area is 154 Å². The van der Waals surface area contributed by atoms with E-state index in [9.17, 15) is 19.8 Å². The number of allylic oxidation sites excluding steroid dienone is 3. The Hall–Kier alpha value is -2.76. The van der Waals surface area contributed by atoms with E-state index in [-0.39, 0.29) is 23.8 Å². The van der Waals surface area contributed by atoms with Crippen molar-refractivity contribution in [3.8, 4) is 11.5 Å². The molecular formula is C20H27NO5. The van der Waals surface area contributed by atoms with Crippen molar-refractivity contribution in [2.24, 2.45) is 0 Å². The monoisotopic (exact) mass is 361 g/mol. The molecule has 0 spiro atoms. The van der Waals surface area contributed by atoms with Crippen LogP contribution in [-0.2, 0) is 20.7 Å². The van der Waals surface area contributed by atoms with E-state index < -0.39 is 12.0 Å². The third kappa shape index (κ3) is 7.42. The van der Waals surface area contributed by atoms with Gasteiger partial charge >= 0.3 is 5.97 Å². The molecule has 0 aliphatic carbocycles. The van der Waals surface area contributed by atoms with Gasteiger partial charge in [-0.05, 0) is 51.3 Å². The molecule has 6 heteroatoms. The van der Waals surface area contributed by atoms with Crippen molar-refractivity contribution in [2.45, 2.75) is 46.1 Å². The highest BCUT2D eigenvalue weighted by molar-refractivity contribution is 5.92. The molecule has 142 valence electrons. The minimum Gasteiger partial charge on any atom is -0.504 e. The molecule has 1 atom stereocenters. The number of hydrogen-bond acceptors (Lipinski definition) is 5. The number of carbonyl (C=O) groups is 2.